The Hall–Kier alpha value is -4.40. The van der Waals surface area contributed by atoms with Gasteiger partial charge in [-0.2, -0.15) is 0 Å². The molecule has 1 aromatic heterocycles. The highest BCUT2D eigenvalue weighted by Gasteiger charge is 2.43. The van der Waals surface area contributed by atoms with Crippen LogP contribution in [0.4, 0.5) is 0 Å². The summed E-state index contributed by atoms with van der Waals surface area (Å²) in [6.07, 6.45) is 0.829. The van der Waals surface area contributed by atoms with Crippen molar-refractivity contribution in [2.75, 3.05) is 13.7 Å². The molecule has 0 saturated carbocycles. The van der Waals surface area contributed by atoms with Gasteiger partial charge in [0, 0.05) is 29.5 Å². The molecule has 3 N–H and O–H groups in total. The molecule has 3 aromatic rings. The van der Waals surface area contributed by atoms with Gasteiger partial charge in [-0.3, -0.25) is 14.4 Å². The maximum Gasteiger partial charge on any atom is 0.246 e. The number of nitrogens with one attached hydrogen (secondary N) is 1. The van der Waals surface area contributed by atoms with Crippen molar-refractivity contribution in [2.24, 2.45) is 11.7 Å². The fraction of sp³-hybridized carbons (Fsp3) is 0.310. The Labute approximate surface area is 221 Å². The molecule has 38 heavy (non-hydrogen) atoms. The number of nitrogens with two attached hydrogens (primary N) is 1. The Balaban J connectivity index is 1.67. The lowest BCUT2D eigenvalue weighted by atomic mass is 10.0. The predicted octanol–water partition coefficient (Wildman–Crippen LogP) is 3.07. The lowest BCUT2D eigenvalue weighted by Gasteiger charge is -2.29. The summed E-state index contributed by atoms with van der Waals surface area (Å²) in [5.41, 5.74) is 8.01. The number of primary amides is 1. The Morgan fingerprint density at radius 3 is 2.53 bits per heavy atom. The van der Waals surface area contributed by atoms with Crippen molar-refractivity contribution in [3.8, 4) is 22.8 Å². The number of carbonyl (C=O) groups is 3. The van der Waals surface area contributed by atoms with Crippen LogP contribution in [0.1, 0.15) is 20.3 Å². The standard InChI is InChI=1S/C29H32N4O5/c1-5-26(34)32-27(17(2)3)29(36)33-16-20(14-24(33)28(30)35)38-25-15-22(18-9-7-6-8-10-18)31-23-13-19(37-4)11-12-21(23)25/h5-13,15,17,20,24,27H,1,14,16H2,2-4H3,(H2,30,35)(H,32,34)/t20-,24+,27?/m1/s1. The molecule has 9 heteroatoms. The van der Waals surface area contributed by atoms with E-state index in [-0.39, 0.29) is 24.8 Å². The van der Waals surface area contributed by atoms with Gasteiger partial charge in [0.25, 0.3) is 0 Å². The van der Waals surface area contributed by atoms with Gasteiger partial charge in [-0.05, 0) is 24.1 Å². The van der Waals surface area contributed by atoms with E-state index in [0.29, 0.717) is 22.7 Å². The quantitative estimate of drug-likeness (QED) is 0.421. The van der Waals surface area contributed by atoms with Crippen LogP contribution in [0.5, 0.6) is 11.5 Å². The normalized spacial score (nSPS) is 17.7. The fourth-order valence-electron chi connectivity index (χ4n) is 4.64. The van der Waals surface area contributed by atoms with Crippen LogP contribution < -0.4 is 20.5 Å². The van der Waals surface area contributed by atoms with Crippen LogP contribution in [0, 0.1) is 5.92 Å². The van der Waals surface area contributed by atoms with E-state index in [1.165, 1.54) is 4.90 Å². The van der Waals surface area contributed by atoms with Gasteiger partial charge < -0.3 is 25.4 Å². The van der Waals surface area contributed by atoms with Gasteiger partial charge in [-0.25, -0.2) is 4.98 Å². The number of likely N-dealkylation sites (tertiary alicyclic amines) is 1. The van der Waals surface area contributed by atoms with Crippen LogP contribution in [0.3, 0.4) is 0 Å². The molecule has 1 unspecified atom stereocenters. The summed E-state index contributed by atoms with van der Waals surface area (Å²) in [7, 11) is 1.59. The predicted molar refractivity (Wildman–Crippen MR) is 144 cm³/mol. The minimum Gasteiger partial charge on any atom is -0.497 e. The minimum absolute atomic E-state index is 0.139. The van der Waals surface area contributed by atoms with Gasteiger partial charge in [0.2, 0.25) is 17.7 Å². The first-order chi connectivity index (χ1) is 18.2. The molecule has 4 rings (SSSR count). The molecule has 0 aliphatic carbocycles. The number of nitrogens with zero attached hydrogens (tertiary/aromatic N) is 2. The maximum atomic E-state index is 13.5. The number of carbonyl (C=O) groups excluding carboxylic acids is 3. The van der Waals surface area contributed by atoms with Crippen LogP contribution in [-0.2, 0) is 14.4 Å². The molecule has 0 spiro atoms. The van der Waals surface area contributed by atoms with E-state index in [1.807, 2.05) is 68.4 Å². The Kier molecular flexibility index (Phi) is 7.95. The maximum absolute atomic E-state index is 13.5. The molecule has 1 aliphatic heterocycles. The second kappa shape index (κ2) is 11.3. The zero-order valence-electron chi connectivity index (χ0n) is 21.7. The molecule has 1 fully saturated rings. The van der Waals surface area contributed by atoms with Gasteiger partial charge in [-0.15, -0.1) is 0 Å². The molecule has 2 aromatic carbocycles. The largest absolute Gasteiger partial charge is 0.497 e. The van der Waals surface area contributed by atoms with Crippen LogP contribution >= 0.6 is 0 Å². The molecule has 0 radical (unpaired) electrons. The first-order valence-corrected chi connectivity index (χ1v) is 12.5. The number of rotatable bonds is 9. The molecule has 2 heterocycles. The zero-order chi connectivity index (χ0) is 27.4. The highest BCUT2D eigenvalue weighted by molar-refractivity contribution is 5.95. The molecule has 3 atom stereocenters. The van der Waals surface area contributed by atoms with Gasteiger partial charge in [-0.1, -0.05) is 50.8 Å². The smallest absolute Gasteiger partial charge is 0.246 e. The lowest BCUT2D eigenvalue weighted by molar-refractivity contribution is -0.141. The Bertz CT molecular complexity index is 1360. The number of ether oxygens (including phenoxy) is 2. The van der Waals surface area contributed by atoms with Crippen LogP contribution in [-0.4, -0.2) is 59.4 Å². The first kappa shape index (κ1) is 26.7. The summed E-state index contributed by atoms with van der Waals surface area (Å²) in [6.45, 7) is 7.23. The van der Waals surface area contributed by atoms with Crippen LogP contribution in [0.15, 0.2) is 67.3 Å². The topological polar surface area (TPSA) is 124 Å². The number of hydrogen-bond acceptors (Lipinski definition) is 6. The number of benzene rings is 2. The van der Waals surface area contributed by atoms with E-state index in [9.17, 15) is 14.4 Å². The minimum atomic E-state index is -0.865. The summed E-state index contributed by atoms with van der Waals surface area (Å²) in [5.74, 6) is -0.469. The third kappa shape index (κ3) is 5.61. The van der Waals surface area contributed by atoms with Gasteiger partial charge in [0.15, 0.2) is 0 Å². The van der Waals surface area contributed by atoms with E-state index in [4.69, 9.17) is 20.2 Å². The molecule has 3 amide bonds. The van der Waals surface area contributed by atoms with E-state index in [2.05, 4.69) is 11.9 Å². The summed E-state index contributed by atoms with van der Waals surface area (Å²) in [5, 5.41) is 3.43. The summed E-state index contributed by atoms with van der Waals surface area (Å²) in [4.78, 5) is 44.0. The van der Waals surface area contributed by atoms with Crippen molar-refractivity contribution in [3.63, 3.8) is 0 Å². The van der Waals surface area contributed by atoms with E-state index in [1.54, 1.807) is 7.11 Å². The Morgan fingerprint density at radius 2 is 1.89 bits per heavy atom. The third-order valence-electron chi connectivity index (χ3n) is 6.63. The lowest BCUT2D eigenvalue weighted by Crippen LogP contribution is -2.54. The van der Waals surface area contributed by atoms with Crippen molar-refractivity contribution in [2.45, 2.75) is 38.5 Å². The average molecular weight is 517 g/mol. The van der Waals surface area contributed by atoms with Crippen LogP contribution in [0.2, 0.25) is 0 Å². The average Bonchev–Trinajstić information content (AvgIpc) is 3.35. The highest BCUT2D eigenvalue weighted by Crippen LogP contribution is 2.34. The van der Waals surface area contributed by atoms with E-state index < -0.39 is 30.0 Å². The van der Waals surface area contributed by atoms with Gasteiger partial charge >= 0.3 is 0 Å². The third-order valence-corrected chi connectivity index (χ3v) is 6.63. The molecule has 9 nitrogen and oxygen atoms in total. The second-order valence-electron chi connectivity index (χ2n) is 9.57. The van der Waals surface area contributed by atoms with Crippen molar-refractivity contribution >= 4 is 28.6 Å². The number of aromatic nitrogens is 1. The first-order valence-electron chi connectivity index (χ1n) is 12.5. The molecular formula is C29H32N4O5. The van der Waals surface area contributed by atoms with Crippen molar-refractivity contribution in [3.05, 3.63) is 67.3 Å². The van der Waals surface area contributed by atoms with Crippen molar-refractivity contribution < 1.29 is 23.9 Å². The molecular weight excluding hydrogens is 484 g/mol. The zero-order valence-corrected chi connectivity index (χ0v) is 21.7. The number of hydrogen-bond donors (Lipinski definition) is 2. The highest BCUT2D eigenvalue weighted by atomic mass is 16.5. The summed E-state index contributed by atoms with van der Waals surface area (Å²) in [6, 6.07) is 15.4. The van der Waals surface area contributed by atoms with Gasteiger partial charge in [0.1, 0.15) is 29.7 Å². The van der Waals surface area contributed by atoms with Crippen LogP contribution in [0.25, 0.3) is 22.2 Å². The number of pyridine rings is 1. The second-order valence-corrected chi connectivity index (χ2v) is 9.57. The molecule has 1 aliphatic rings. The van der Waals surface area contributed by atoms with Crippen molar-refractivity contribution in [1.29, 1.82) is 0 Å². The summed E-state index contributed by atoms with van der Waals surface area (Å²) >= 11 is 0. The Morgan fingerprint density at radius 1 is 1.16 bits per heavy atom. The van der Waals surface area contributed by atoms with Crippen molar-refractivity contribution in [1.82, 2.24) is 15.2 Å². The number of amides is 3. The molecule has 198 valence electrons. The molecule has 1 saturated heterocycles. The monoisotopic (exact) mass is 516 g/mol. The summed E-state index contributed by atoms with van der Waals surface area (Å²) < 4.78 is 11.8. The SMILES string of the molecule is C=CC(=O)NC(C(=O)N1C[C@H](Oc2cc(-c3ccccc3)nc3cc(OC)ccc23)C[C@H]1C(N)=O)C(C)C. The molecule has 0 bridgehead atoms. The van der Waals surface area contributed by atoms with E-state index >= 15 is 0 Å². The van der Waals surface area contributed by atoms with E-state index in [0.717, 1.165) is 17.0 Å². The van der Waals surface area contributed by atoms with Gasteiger partial charge in [0.05, 0.1) is 24.9 Å². The number of methoxy groups -OCH3 is 1. The fourth-order valence-corrected chi connectivity index (χ4v) is 4.64. The number of fused-ring (bicyclic) bond motifs is 1.